The van der Waals surface area contributed by atoms with Crippen molar-refractivity contribution >= 4 is 12.6 Å². The van der Waals surface area contributed by atoms with Crippen molar-refractivity contribution in [2.75, 3.05) is 13.1 Å². The summed E-state index contributed by atoms with van der Waals surface area (Å²) in [4.78, 5) is 0. The molecule has 0 saturated heterocycles. The first-order valence-corrected chi connectivity index (χ1v) is 6.31. The highest BCUT2D eigenvalue weighted by Crippen LogP contribution is 2.25. The van der Waals surface area contributed by atoms with Gasteiger partial charge in [0, 0.05) is 6.54 Å². The Morgan fingerprint density at radius 2 is 2.24 bits per heavy atom. The monoisotopic (exact) mass is 233 g/mol. The van der Waals surface area contributed by atoms with Crippen LogP contribution in [0.4, 0.5) is 0 Å². The summed E-state index contributed by atoms with van der Waals surface area (Å²) in [6.07, 6.45) is -0.0267. The fourth-order valence-electron chi connectivity index (χ4n) is 2.20. The molecule has 92 valence electrons. The summed E-state index contributed by atoms with van der Waals surface area (Å²) >= 11 is 0. The SMILES string of the molecule is CCNCC1OB(O)c2cc(C(C)C)ccc21. The molecule has 4 heteroatoms. The summed E-state index contributed by atoms with van der Waals surface area (Å²) < 4.78 is 5.56. The maximum absolute atomic E-state index is 9.91. The minimum atomic E-state index is -0.771. The molecule has 3 nitrogen and oxygen atoms in total. The van der Waals surface area contributed by atoms with Crippen molar-refractivity contribution in [3.8, 4) is 0 Å². The standard InChI is InChI=1S/C13H20BNO2/c1-4-15-8-13-11-6-5-10(9(2)3)7-12(11)14(16)17-13/h5-7,9,13,15-16H,4,8H2,1-3H3. The van der Waals surface area contributed by atoms with Gasteiger partial charge in [0.05, 0.1) is 6.10 Å². The van der Waals surface area contributed by atoms with Crippen LogP contribution in [0.15, 0.2) is 18.2 Å². The first-order valence-electron chi connectivity index (χ1n) is 6.31. The molecule has 2 rings (SSSR count). The highest BCUT2D eigenvalue weighted by Gasteiger charge is 2.34. The average molecular weight is 233 g/mol. The van der Waals surface area contributed by atoms with Gasteiger partial charge in [-0.15, -0.1) is 0 Å². The Balaban J connectivity index is 2.24. The maximum Gasteiger partial charge on any atom is 0.492 e. The molecule has 1 unspecified atom stereocenters. The number of nitrogens with one attached hydrogen (secondary N) is 1. The van der Waals surface area contributed by atoms with Gasteiger partial charge in [0.25, 0.3) is 0 Å². The van der Waals surface area contributed by atoms with Crippen molar-refractivity contribution in [2.45, 2.75) is 32.8 Å². The second kappa shape index (κ2) is 5.21. The van der Waals surface area contributed by atoms with Crippen LogP contribution in [-0.2, 0) is 4.65 Å². The van der Waals surface area contributed by atoms with Crippen molar-refractivity contribution < 1.29 is 9.68 Å². The number of benzene rings is 1. The molecular weight excluding hydrogens is 213 g/mol. The molecule has 0 fully saturated rings. The Bertz CT molecular complexity index is 395. The number of fused-ring (bicyclic) bond motifs is 1. The Hall–Kier alpha value is -0.835. The highest BCUT2D eigenvalue weighted by molar-refractivity contribution is 6.61. The van der Waals surface area contributed by atoms with E-state index >= 15 is 0 Å². The summed E-state index contributed by atoms with van der Waals surface area (Å²) in [6, 6.07) is 6.28. The van der Waals surface area contributed by atoms with Gasteiger partial charge in [0.15, 0.2) is 0 Å². The molecule has 0 bridgehead atoms. The van der Waals surface area contributed by atoms with Gasteiger partial charge in [-0.3, -0.25) is 0 Å². The first-order chi connectivity index (χ1) is 8.13. The van der Waals surface area contributed by atoms with Crippen LogP contribution in [-0.4, -0.2) is 25.2 Å². The van der Waals surface area contributed by atoms with Crippen LogP contribution in [0.25, 0.3) is 0 Å². The van der Waals surface area contributed by atoms with Gasteiger partial charge in [-0.25, -0.2) is 0 Å². The summed E-state index contributed by atoms with van der Waals surface area (Å²) in [5, 5.41) is 13.2. The molecule has 1 aliphatic rings. The highest BCUT2D eigenvalue weighted by atomic mass is 16.5. The third kappa shape index (κ3) is 2.54. The van der Waals surface area contributed by atoms with Crippen LogP contribution < -0.4 is 10.8 Å². The molecular formula is C13H20BNO2. The molecule has 1 aromatic carbocycles. The third-order valence-corrected chi connectivity index (χ3v) is 3.26. The molecule has 1 aromatic rings. The van der Waals surface area contributed by atoms with Gasteiger partial charge in [0.2, 0.25) is 0 Å². The van der Waals surface area contributed by atoms with Gasteiger partial charge in [-0.1, -0.05) is 39.0 Å². The van der Waals surface area contributed by atoms with E-state index in [9.17, 15) is 5.02 Å². The van der Waals surface area contributed by atoms with Crippen LogP contribution in [0.2, 0.25) is 0 Å². The van der Waals surface area contributed by atoms with Crippen molar-refractivity contribution in [1.29, 1.82) is 0 Å². The van der Waals surface area contributed by atoms with E-state index < -0.39 is 7.12 Å². The summed E-state index contributed by atoms with van der Waals surface area (Å²) in [5.41, 5.74) is 3.29. The van der Waals surface area contributed by atoms with E-state index in [-0.39, 0.29) is 6.10 Å². The molecule has 0 saturated carbocycles. The predicted molar refractivity (Wildman–Crippen MR) is 70.5 cm³/mol. The topological polar surface area (TPSA) is 41.5 Å². The molecule has 0 radical (unpaired) electrons. The normalized spacial score (nSPS) is 18.9. The zero-order valence-electron chi connectivity index (χ0n) is 10.7. The number of likely N-dealkylation sites (N-methyl/N-ethyl adjacent to an activating group) is 1. The van der Waals surface area contributed by atoms with E-state index in [1.165, 1.54) is 5.56 Å². The van der Waals surface area contributed by atoms with Crippen LogP contribution in [0, 0.1) is 0 Å². The van der Waals surface area contributed by atoms with Gasteiger partial charge in [0.1, 0.15) is 0 Å². The number of rotatable bonds is 4. The number of hydrogen-bond donors (Lipinski definition) is 2. The van der Waals surface area contributed by atoms with Crippen molar-refractivity contribution in [1.82, 2.24) is 5.32 Å². The molecule has 2 N–H and O–H groups in total. The van der Waals surface area contributed by atoms with E-state index in [0.29, 0.717) is 5.92 Å². The smallest absolute Gasteiger partial charge is 0.423 e. The third-order valence-electron chi connectivity index (χ3n) is 3.26. The fourth-order valence-corrected chi connectivity index (χ4v) is 2.20. The van der Waals surface area contributed by atoms with E-state index in [1.807, 2.05) is 0 Å². The molecule has 1 atom stereocenters. The predicted octanol–water partition coefficient (Wildman–Crippen LogP) is 1.18. The quantitative estimate of drug-likeness (QED) is 0.767. The van der Waals surface area contributed by atoms with Crippen LogP contribution in [0.5, 0.6) is 0 Å². The second-order valence-corrected chi connectivity index (χ2v) is 4.83. The molecule has 1 heterocycles. The van der Waals surface area contributed by atoms with Crippen LogP contribution >= 0.6 is 0 Å². The molecule has 0 amide bonds. The summed E-state index contributed by atoms with van der Waals surface area (Å²) in [6.45, 7) is 8.03. The van der Waals surface area contributed by atoms with Gasteiger partial charge in [-0.2, -0.15) is 0 Å². The van der Waals surface area contributed by atoms with Crippen molar-refractivity contribution in [2.24, 2.45) is 0 Å². The molecule has 17 heavy (non-hydrogen) atoms. The zero-order valence-corrected chi connectivity index (χ0v) is 10.7. The zero-order chi connectivity index (χ0) is 12.4. The van der Waals surface area contributed by atoms with E-state index in [4.69, 9.17) is 4.65 Å². The lowest BCUT2D eigenvalue weighted by Gasteiger charge is -2.13. The van der Waals surface area contributed by atoms with E-state index in [2.05, 4.69) is 44.3 Å². The van der Waals surface area contributed by atoms with Crippen LogP contribution in [0.3, 0.4) is 0 Å². The van der Waals surface area contributed by atoms with E-state index in [0.717, 1.165) is 24.1 Å². The average Bonchev–Trinajstić information content (AvgIpc) is 2.63. The summed E-state index contributed by atoms with van der Waals surface area (Å²) in [7, 11) is -0.771. The molecule has 0 spiro atoms. The lowest BCUT2D eigenvalue weighted by atomic mass is 9.77. The molecule has 0 aliphatic carbocycles. The van der Waals surface area contributed by atoms with E-state index in [1.54, 1.807) is 0 Å². The number of hydrogen-bond acceptors (Lipinski definition) is 3. The minimum Gasteiger partial charge on any atom is -0.423 e. The van der Waals surface area contributed by atoms with Gasteiger partial charge < -0.3 is 15.0 Å². The van der Waals surface area contributed by atoms with Crippen LogP contribution in [0.1, 0.15) is 43.9 Å². The van der Waals surface area contributed by atoms with Crippen molar-refractivity contribution in [3.63, 3.8) is 0 Å². The Labute approximate surface area is 103 Å². The maximum atomic E-state index is 9.91. The lowest BCUT2D eigenvalue weighted by molar-refractivity contribution is 0.188. The first kappa shape index (κ1) is 12.6. The minimum absolute atomic E-state index is 0.0267. The largest absolute Gasteiger partial charge is 0.492 e. The molecule has 1 aliphatic heterocycles. The summed E-state index contributed by atoms with van der Waals surface area (Å²) in [5.74, 6) is 0.473. The molecule has 0 aromatic heterocycles. The van der Waals surface area contributed by atoms with Crippen molar-refractivity contribution in [3.05, 3.63) is 29.3 Å². The Morgan fingerprint density at radius 3 is 2.88 bits per heavy atom. The Kier molecular flexibility index (Phi) is 3.87. The lowest BCUT2D eigenvalue weighted by Crippen LogP contribution is -2.28. The Morgan fingerprint density at radius 1 is 1.47 bits per heavy atom. The van der Waals surface area contributed by atoms with Gasteiger partial charge >= 0.3 is 7.12 Å². The fraction of sp³-hybridized carbons (Fsp3) is 0.538. The van der Waals surface area contributed by atoms with Gasteiger partial charge in [-0.05, 0) is 29.1 Å². The second-order valence-electron chi connectivity index (χ2n) is 4.83.